The Hall–Kier alpha value is 5.49. The zero-order valence-electron chi connectivity index (χ0n) is 11.0. The number of rotatable bonds is 0. The van der Waals surface area contributed by atoms with Gasteiger partial charge in [-0.2, -0.15) is 7.82 Å². The molecule has 0 aliphatic carbocycles. The van der Waals surface area contributed by atoms with Crippen LogP contribution in [0.25, 0.3) is 0 Å². The Morgan fingerprint density at radius 3 is 0.722 bits per heavy atom. The average molecular weight is 429 g/mol. The van der Waals surface area contributed by atoms with Crippen molar-refractivity contribution in [3.8, 4) is 0 Å². The van der Waals surface area contributed by atoms with E-state index < -0.39 is 29.9 Å². The number of phosphoric acid groups is 1. The van der Waals surface area contributed by atoms with Crippen molar-refractivity contribution >= 4 is 75.4 Å². The first kappa shape index (κ1) is 49.5. The van der Waals surface area contributed by atoms with E-state index in [9.17, 15) is 0 Å². The minimum absolute atomic E-state index is 0. The molecular formula is HB3K3O10PSr. The van der Waals surface area contributed by atoms with Crippen LogP contribution >= 0.6 is 7.82 Å². The largest absolute Gasteiger partial charge is 2.00 e. The van der Waals surface area contributed by atoms with Crippen molar-refractivity contribution in [2.45, 2.75) is 0 Å². The van der Waals surface area contributed by atoms with Crippen LogP contribution in [-0.4, -0.2) is 67.5 Å². The quantitative estimate of drug-likeness (QED) is 0.262. The monoisotopic (exact) mass is 430 g/mol. The molecular weight excluding hydrogens is 428 g/mol. The van der Waals surface area contributed by atoms with Gasteiger partial charge >= 0.3 is 252 Å². The van der Waals surface area contributed by atoms with Crippen LogP contribution in [0.4, 0.5) is 0 Å². The fourth-order valence-electron chi connectivity index (χ4n) is 0. The molecule has 0 aromatic carbocycles. The van der Waals surface area contributed by atoms with Gasteiger partial charge in [-0.25, -0.2) is 0 Å². The second-order valence-electron chi connectivity index (χ2n) is 0.736. The Kier molecular flexibility index (Phi) is 136. The van der Waals surface area contributed by atoms with Crippen LogP contribution in [0.2, 0.25) is 0 Å². The van der Waals surface area contributed by atoms with E-state index in [1.165, 1.54) is 0 Å². The van der Waals surface area contributed by atoms with Crippen LogP contribution in [0.3, 0.4) is 0 Å². The van der Waals surface area contributed by atoms with Crippen LogP contribution in [0, 0.1) is 0 Å². The van der Waals surface area contributed by atoms with Gasteiger partial charge in [0.1, 0.15) is 0 Å². The second kappa shape index (κ2) is 49.5. The average Bonchev–Trinajstić information content (AvgIpc) is 1.86. The molecule has 0 spiro atoms. The van der Waals surface area contributed by atoms with E-state index in [2.05, 4.69) is 0 Å². The Labute approximate surface area is 271 Å². The molecule has 18 heteroatoms. The summed E-state index contributed by atoms with van der Waals surface area (Å²) < 4.78 is 33.3. The molecule has 0 unspecified atom stereocenters. The van der Waals surface area contributed by atoms with Gasteiger partial charge in [-0.1, -0.05) is 0 Å². The third-order valence-corrected chi connectivity index (χ3v) is 0. The summed E-state index contributed by atoms with van der Waals surface area (Å²) in [6, 6.07) is 0. The standard InChI is InChI=1S/3BO2.3K.H3O4P.Sr/c3*2-1-3;;;;1-5(2,3)4;/h;;;;;;(H3,1,2,3,4);/q3*-1;3*+1;;+2/p-2. The first-order chi connectivity index (χ1) is 6.24. The molecule has 18 heavy (non-hydrogen) atoms. The van der Waals surface area contributed by atoms with Gasteiger partial charge in [0.2, 0.25) is 0 Å². The first-order valence-electron chi connectivity index (χ1n) is 2.14. The summed E-state index contributed by atoms with van der Waals surface area (Å²) in [6.07, 6.45) is 0. The Bertz CT molecular complexity index is 159. The van der Waals surface area contributed by atoms with Gasteiger partial charge in [0, 0.05) is 0 Å². The van der Waals surface area contributed by atoms with Crippen LogP contribution in [0.1, 0.15) is 1.43 Å². The molecule has 0 rings (SSSR count). The fraction of sp³-hybridized carbons (Fsp3) is 0. The predicted octanol–water partition coefficient (Wildman–Crippen LogP) is -17.1. The van der Waals surface area contributed by atoms with E-state index in [0.29, 0.717) is 0 Å². The topological polar surface area (TPSA) is 207 Å². The van der Waals surface area contributed by atoms with E-state index in [1.54, 1.807) is 0 Å². The molecule has 0 radical (unpaired) electrons. The molecule has 0 heterocycles. The smallest absolute Gasteiger partial charge is 0.822 e. The van der Waals surface area contributed by atoms with E-state index in [-0.39, 0.29) is 201 Å². The van der Waals surface area contributed by atoms with E-state index in [0.717, 1.165) is 0 Å². The Morgan fingerprint density at radius 2 is 0.722 bits per heavy atom. The maximum atomic E-state index is 8.55. The summed E-state index contributed by atoms with van der Waals surface area (Å²) in [4.78, 5) is 25.6. The molecule has 0 fully saturated rings. The van der Waals surface area contributed by atoms with Gasteiger partial charge in [-0.05, 0) is 0 Å². The number of hydrogen-bond donors (Lipinski definition) is 0. The van der Waals surface area contributed by atoms with Crippen LogP contribution < -0.4 is 184 Å². The van der Waals surface area contributed by atoms with E-state index >= 15 is 0 Å². The van der Waals surface area contributed by atoms with E-state index in [4.69, 9.17) is 48.4 Å². The van der Waals surface area contributed by atoms with Gasteiger partial charge in [0.15, 0.2) is 0 Å². The molecule has 0 saturated heterocycles. The zero-order chi connectivity index (χ0) is 12.6. The van der Waals surface area contributed by atoms with Crippen LogP contribution in [0.5, 0.6) is 0 Å². The van der Waals surface area contributed by atoms with Gasteiger partial charge in [-0.3, -0.25) is 0 Å². The maximum absolute atomic E-state index is 8.55. The summed E-state index contributed by atoms with van der Waals surface area (Å²) in [6.45, 7) is 0. The van der Waals surface area contributed by atoms with Crippen molar-refractivity contribution in [1.29, 1.82) is 0 Å². The summed E-state index contributed by atoms with van der Waals surface area (Å²) >= 11 is 0. The SMILES string of the molecule is O=B[O-].O=B[O-].O=B[O-].O=P([O-])([O-])[O-].[H+].[K+].[K+].[K+].[Sr+2]. The van der Waals surface area contributed by atoms with Gasteiger partial charge in [-0.15, -0.1) is 0 Å². The minimum Gasteiger partial charge on any atom is -0.822 e. The van der Waals surface area contributed by atoms with Crippen molar-refractivity contribution in [3.05, 3.63) is 0 Å². The minimum atomic E-state index is -5.39. The third kappa shape index (κ3) is 299. The van der Waals surface area contributed by atoms with E-state index in [1.807, 2.05) is 0 Å². The maximum Gasteiger partial charge on any atom is 2.00 e. The van der Waals surface area contributed by atoms with Crippen LogP contribution in [-0.2, 0) is 18.7 Å². The van der Waals surface area contributed by atoms with Crippen molar-refractivity contribution in [1.82, 2.24) is 0 Å². The molecule has 0 aliphatic rings. The first-order valence-corrected chi connectivity index (χ1v) is 3.61. The van der Waals surface area contributed by atoms with Crippen molar-refractivity contribution in [2.75, 3.05) is 0 Å². The molecule has 0 aromatic rings. The summed E-state index contributed by atoms with van der Waals surface area (Å²) in [7, 11) is -6.89. The molecule has 0 amide bonds. The van der Waals surface area contributed by atoms with Crippen molar-refractivity contribution < 1.29 is 204 Å². The normalized spacial score (nSPS) is 4.61. The number of hydrogen-bond acceptors (Lipinski definition) is 10. The van der Waals surface area contributed by atoms with Gasteiger partial charge in [0.05, 0.1) is 0 Å². The Balaban J connectivity index is -0.00000000944. The molecule has 0 atom stereocenters. The predicted molar refractivity (Wildman–Crippen MR) is 33.8 cm³/mol. The summed E-state index contributed by atoms with van der Waals surface area (Å²) in [5.41, 5.74) is 0. The van der Waals surface area contributed by atoms with Crippen LogP contribution in [0.15, 0.2) is 0 Å². The van der Waals surface area contributed by atoms with Gasteiger partial charge in [0.25, 0.3) is 0 Å². The molecule has 0 aliphatic heterocycles. The van der Waals surface area contributed by atoms with Gasteiger partial charge < -0.3 is 19.2 Å². The molecule has 0 bridgehead atoms. The fourth-order valence-corrected chi connectivity index (χ4v) is 0. The molecule has 0 aromatic heterocycles. The molecule has 80 valence electrons. The molecule has 10 nitrogen and oxygen atoms in total. The van der Waals surface area contributed by atoms with Crippen molar-refractivity contribution in [3.63, 3.8) is 0 Å². The summed E-state index contributed by atoms with van der Waals surface area (Å²) in [5.74, 6) is 0. The third-order valence-electron chi connectivity index (χ3n) is 0. The second-order valence-corrected chi connectivity index (χ2v) is 1.63. The summed E-state index contributed by atoms with van der Waals surface area (Å²) in [5, 5.41) is 24.8. The molecule has 0 saturated carbocycles. The molecule has 0 N–H and O–H groups in total. The van der Waals surface area contributed by atoms with Crippen molar-refractivity contribution in [2.24, 2.45) is 0 Å². The zero-order valence-corrected chi connectivity index (χ0v) is 23.7. The Morgan fingerprint density at radius 1 is 0.722 bits per heavy atom.